The second-order valence-electron chi connectivity index (χ2n) is 6.51. The highest BCUT2D eigenvalue weighted by Gasteiger charge is 2.27. The van der Waals surface area contributed by atoms with Gasteiger partial charge in [0.1, 0.15) is 5.75 Å². The molecule has 0 amide bonds. The quantitative estimate of drug-likeness (QED) is 0.867. The van der Waals surface area contributed by atoms with Crippen LogP contribution >= 0.6 is 0 Å². The summed E-state index contributed by atoms with van der Waals surface area (Å²) < 4.78 is 5.81. The molecule has 0 bridgehead atoms. The van der Waals surface area contributed by atoms with E-state index in [1.165, 1.54) is 30.5 Å². The van der Waals surface area contributed by atoms with Crippen molar-refractivity contribution in [3.8, 4) is 5.75 Å². The van der Waals surface area contributed by atoms with Gasteiger partial charge < -0.3 is 10.5 Å². The fourth-order valence-electron chi connectivity index (χ4n) is 3.32. The molecule has 21 heavy (non-hydrogen) atoms. The monoisotopic (exact) mass is 290 g/mol. The minimum Gasteiger partial charge on any atom is -0.494 e. The molecule has 0 spiro atoms. The van der Waals surface area contributed by atoms with Crippen molar-refractivity contribution in [3.05, 3.63) is 29.3 Å². The Balaban J connectivity index is 2.21. The van der Waals surface area contributed by atoms with Crippen LogP contribution in [0.25, 0.3) is 0 Å². The van der Waals surface area contributed by atoms with Gasteiger partial charge in [-0.05, 0) is 56.8 Å². The molecule has 2 unspecified atom stereocenters. The number of ether oxygens (including phenoxy) is 1. The van der Waals surface area contributed by atoms with Crippen molar-refractivity contribution in [3.63, 3.8) is 0 Å². The highest BCUT2D eigenvalue weighted by atomic mass is 16.5. The van der Waals surface area contributed by atoms with E-state index in [0.29, 0.717) is 18.6 Å². The molecule has 2 N–H and O–H groups in total. The Labute approximate surface area is 129 Å². The minimum atomic E-state index is 0.0684. The van der Waals surface area contributed by atoms with Crippen molar-refractivity contribution in [1.29, 1.82) is 0 Å². The minimum absolute atomic E-state index is 0.0684. The zero-order chi connectivity index (χ0) is 15.4. The van der Waals surface area contributed by atoms with E-state index < -0.39 is 0 Å². The predicted octanol–water partition coefficient (Wildman–Crippen LogP) is 3.73. The number of likely N-dealkylation sites (tertiary alicyclic amines) is 1. The first-order valence-electron chi connectivity index (χ1n) is 8.28. The number of nitrogens with two attached hydrogens (primary N) is 1. The van der Waals surface area contributed by atoms with Crippen LogP contribution in [0.4, 0.5) is 0 Å². The molecule has 1 aliphatic heterocycles. The molecule has 1 aliphatic rings. The normalized spacial score (nSPS) is 21.0. The predicted molar refractivity (Wildman–Crippen MR) is 88.5 cm³/mol. The van der Waals surface area contributed by atoms with Crippen LogP contribution in [0.2, 0.25) is 0 Å². The zero-order valence-electron chi connectivity index (χ0n) is 13.9. The lowest BCUT2D eigenvalue weighted by molar-refractivity contribution is 0.195. The molecule has 0 aliphatic carbocycles. The van der Waals surface area contributed by atoms with Gasteiger partial charge in [0.2, 0.25) is 0 Å². The lowest BCUT2D eigenvalue weighted by Crippen LogP contribution is -2.33. The summed E-state index contributed by atoms with van der Waals surface area (Å²) in [7, 11) is 0. The number of hydrogen-bond donors (Lipinski definition) is 1. The summed E-state index contributed by atoms with van der Waals surface area (Å²) >= 11 is 0. The largest absolute Gasteiger partial charge is 0.494 e. The Morgan fingerprint density at radius 1 is 1.33 bits per heavy atom. The zero-order valence-corrected chi connectivity index (χ0v) is 13.9. The standard InChI is InChI=1S/C18H30N2O/c1-5-21-18-9-8-15(14(4)19)11-16(18)12-20-10-6-7-17(20)13(2)3/h8-9,11,13-14,17H,5-7,10,12,19H2,1-4H3. The van der Waals surface area contributed by atoms with Gasteiger partial charge in [0.05, 0.1) is 6.61 Å². The molecule has 2 atom stereocenters. The molecule has 2 rings (SSSR count). The Hall–Kier alpha value is -1.06. The summed E-state index contributed by atoms with van der Waals surface area (Å²) in [6, 6.07) is 7.16. The van der Waals surface area contributed by atoms with Crippen LogP contribution in [0.15, 0.2) is 18.2 Å². The summed E-state index contributed by atoms with van der Waals surface area (Å²) in [6.45, 7) is 11.6. The first kappa shape index (κ1) is 16.3. The van der Waals surface area contributed by atoms with Crippen LogP contribution in [0.1, 0.15) is 57.7 Å². The third-order valence-electron chi connectivity index (χ3n) is 4.47. The number of hydrogen-bond acceptors (Lipinski definition) is 3. The van der Waals surface area contributed by atoms with Gasteiger partial charge in [-0.3, -0.25) is 4.90 Å². The van der Waals surface area contributed by atoms with Gasteiger partial charge in [0, 0.05) is 24.2 Å². The summed E-state index contributed by atoms with van der Waals surface area (Å²) in [4.78, 5) is 2.60. The van der Waals surface area contributed by atoms with Crippen molar-refractivity contribution in [2.75, 3.05) is 13.2 Å². The van der Waals surface area contributed by atoms with Crippen molar-refractivity contribution in [1.82, 2.24) is 4.90 Å². The molecule has 1 fully saturated rings. The average Bonchev–Trinajstić information content (AvgIpc) is 2.89. The van der Waals surface area contributed by atoms with E-state index in [2.05, 4.69) is 36.9 Å². The van der Waals surface area contributed by atoms with Gasteiger partial charge in [-0.15, -0.1) is 0 Å². The fourth-order valence-corrected chi connectivity index (χ4v) is 3.32. The smallest absolute Gasteiger partial charge is 0.123 e. The molecular weight excluding hydrogens is 260 g/mol. The van der Waals surface area contributed by atoms with E-state index in [0.717, 1.165) is 12.3 Å². The third kappa shape index (κ3) is 3.98. The lowest BCUT2D eigenvalue weighted by Gasteiger charge is -2.28. The van der Waals surface area contributed by atoms with E-state index in [-0.39, 0.29) is 6.04 Å². The maximum absolute atomic E-state index is 6.04. The molecule has 0 radical (unpaired) electrons. The average molecular weight is 290 g/mol. The maximum Gasteiger partial charge on any atom is 0.123 e. The van der Waals surface area contributed by atoms with Gasteiger partial charge in [0.15, 0.2) is 0 Å². The number of nitrogens with zero attached hydrogens (tertiary/aromatic N) is 1. The first-order chi connectivity index (χ1) is 10.0. The van der Waals surface area contributed by atoms with E-state index in [1.54, 1.807) is 0 Å². The summed E-state index contributed by atoms with van der Waals surface area (Å²) in [5.41, 5.74) is 8.50. The van der Waals surface area contributed by atoms with Crippen LogP contribution in [0.5, 0.6) is 5.75 Å². The molecule has 1 heterocycles. The molecule has 1 aromatic carbocycles. The van der Waals surface area contributed by atoms with E-state index in [9.17, 15) is 0 Å². The Kier molecular flexibility index (Phi) is 5.65. The molecular formula is C18H30N2O. The lowest BCUT2D eigenvalue weighted by atomic mass is 10.0. The molecule has 1 aromatic rings. The summed E-state index contributed by atoms with van der Waals surface area (Å²) in [6.07, 6.45) is 2.62. The van der Waals surface area contributed by atoms with Crippen molar-refractivity contribution >= 4 is 0 Å². The van der Waals surface area contributed by atoms with E-state index in [4.69, 9.17) is 10.5 Å². The molecule has 0 aromatic heterocycles. The maximum atomic E-state index is 6.04. The van der Waals surface area contributed by atoms with Crippen LogP contribution in [-0.2, 0) is 6.54 Å². The van der Waals surface area contributed by atoms with Gasteiger partial charge in [-0.2, -0.15) is 0 Å². The van der Waals surface area contributed by atoms with Crippen molar-refractivity contribution < 1.29 is 4.74 Å². The molecule has 1 saturated heterocycles. The second-order valence-corrected chi connectivity index (χ2v) is 6.51. The second kappa shape index (κ2) is 7.28. The fraction of sp³-hybridized carbons (Fsp3) is 0.667. The topological polar surface area (TPSA) is 38.5 Å². The van der Waals surface area contributed by atoms with Gasteiger partial charge >= 0.3 is 0 Å². The summed E-state index contributed by atoms with van der Waals surface area (Å²) in [5, 5.41) is 0. The number of rotatable bonds is 6. The molecule has 3 nitrogen and oxygen atoms in total. The van der Waals surface area contributed by atoms with E-state index >= 15 is 0 Å². The van der Waals surface area contributed by atoms with Crippen LogP contribution < -0.4 is 10.5 Å². The highest BCUT2D eigenvalue weighted by molar-refractivity contribution is 5.38. The highest BCUT2D eigenvalue weighted by Crippen LogP contribution is 2.30. The van der Waals surface area contributed by atoms with Crippen LogP contribution in [0.3, 0.4) is 0 Å². The molecule has 3 heteroatoms. The van der Waals surface area contributed by atoms with Crippen molar-refractivity contribution in [2.24, 2.45) is 11.7 Å². The Bertz CT molecular complexity index is 457. The van der Waals surface area contributed by atoms with Crippen LogP contribution in [0, 0.1) is 5.92 Å². The molecule has 0 saturated carbocycles. The van der Waals surface area contributed by atoms with Gasteiger partial charge in [-0.1, -0.05) is 19.9 Å². The third-order valence-corrected chi connectivity index (χ3v) is 4.47. The van der Waals surface area contributed by atoms with Gasteiger partial charge in [-0.25, -0.2) is 0 Å². The first-order valence-corrected chi connectivity index (χ1v) is 8.28. The van der Waals surface area contributed by atoms with Crippen LogP contribution in [-0.4, -0.2) is 24.1 Å². The van der Waals surface area contributed by atoms with E-state index in [1.807, 2.05) is 13.8 Å². The Morgan fingerprint density at radius 3 is 2.71 bits per heavy atom. The van der Waals surface area contributed by atoms with Gasteiger partial charge in [0.25, 0.3) is 0 Å². The SMILES string of the molecule is CCOc1ccc(C(C)N)cc1CN1CCCC1C(C)C. The Morgan fingerprint density at radius 2 is 2.10 bits per heavy atom. The van der Waals surface area contributed by atoms with Crippen molar-refractivity contribution in [2.45, 2.75) is 59.2 Å². The summed E-state index contributed by atoms with van der Waals surface area (Å²) in [5.74, 6) is 1.72. The molecule has 118 valence electrons. The number of benzene rings is 1.